The van der Waals surface area contributed by atoms with Crippen LogP contribution >= 0.6 is 0 Å². The number of amides is 1. The Morgan fingerprint density at radius 3 is 2.53 bits per heavy atom. The topological polar surface area (TPSA) is 67.3 Å². The van der Waals surface area contributed by atoms with Gasteiger partial charge in [0.1, 0.15) is 0 Å². The average Bonchev–Trinajstić information content (AvgIpc) is 2.15. The van der Waals surface area contributed by atoms with E-state index in [0.29, 0.717) is 0 Å². The van der Waals surface area contributed by atoms with Crippen molar-refractivity contribution in [3.63, 3.8) is 0 Å². The Morgan fingerprint density at radius 1 is 1.47 bits per heavy atom. The van der Waals surface area contributed by atoms with Gasteiger partial charge in [0.25, 0.3) is 5.91 Å². The molecule has 0 spiro atoms. The molecule has 15 heavy (non-hydrogen) atoms. The SMILES string of the molecule is CN(C)C(=O)c1cccnc1S(=O)(=O)F. The second-order valence-electron chi connectivity index (χ2n) is 2.99. The number of pyridine rings is 1. The molecular weight excluding hydrogens is 223 g/mol. The number of rotatable bonds is 2. The minimum absolute atomic E-state index is 0.273. The first-order valence-corrected chi connectivity index (χ1v) is 5.33. The Bertz CT molecular complexity index is 484. The van der Waals surface area contributed by atoms with Gasteiger partial charge in [-0.2, -0.15) is 8.42 Å². The number of hydrogen-bond acceptors (Lipinski definition) is 4. The van der Waals surface area contributed by atoms with Crippen molar-refractivity contribution in [1.82, 2.24) is 9.88 Å². The molecule has 1 aromatic rings. The summed E-state index contributed by atoms with van der Waals surface area (Å²) >= 11 is 0. The second-order valence-corrected chi connectivity index (χ2v) is 4.26. The van der Waals surface area contributed by atoms with Crippen LogP contribution in [0.25, 0.3) is 0 Å². The van der Waals surface area contributed by atoms with Crippen LogP contribution in [-0.2, 0) is 10.2 Å². The van der Waals surface area contributed by atoms with E-state index in [1.54, 1.807) is 0 Å². The van der Waals surface area contributed by atoms with E-state index in [9.17, 15) is 17.1 Å². The predicted octanol–water partition coefficient (Wildman–Crippen LogP) is 0.442. The lowest BCUT2D eigenvalue weighted by molar-refractivity contribution is 0.0823. The van der Waals surface area contributed by atoms with Gasteiger partial charge in [0.15, 0.2) is 5.03 Å². The number of hydrogen-bond donors (Lipinski definition) is 0. The minimum atomic E-state index is -4.97. The van der Waals surface area contributed by atoms with Crippen LogP contribution in [0.2, 0.25) is 0 Å². The van der Waals surface area contributed by atoms with Crippen LogP contribution in [0.5, 0.6) is 0 Å². The van der Waals surface area contributed by atoms with Crippen LogP contribution in [-0.4, -0.2) is 38.3 Å². The van der Waals surface area contributed by atoms with Gasteiger partial charge in [0.2, 0.25) is 0 Å². The molecule has 0 fully saturated rings. The van der Waals surface area contributed by atoms with E-state index in [4.69, 9.17) is 0 Å². The summed E-state index contributed by atoms with van der Waals surface area (Å²) in [5.41, 5.74) is -0.273. The summed E-state index contributed by atoms with van der Waals surface area (Å²) in [6.07, 6.45) is 1.11. The van der Waals surface area contributed by atoms with Gasteiger partial charge < -0.3 is 4.90 Å². The Kier molecular flexibility index (Phi) is 3.04. The number of carbonyl (C=O) groups excluding carboxylic acids is 1. The molecule has 0 unspecified atom stereocenters. The third-order valence-corrected chi connectivity index (χ3v) is 2.43. The molecule has 0 bridgehead atoms. The third kappa shape index (κ3) is 2.50. The first-order chi connectivity index (χ1) is 6.84. The van der Waals surface area contributed by atoms with Crippen molar-refractivity contribution in [2.24, 2.45) is 0 Å². The fraction of sp³-hybridized carbons (Fsp3) is 0.250. The van der Waals surface area contributed by atoms with Crippen LogP contribution in [0.1, 0.15) is 10.4 Å². The van der Waals surface area contributed by atoms with E-state index in [1.165, 1.54) is 26.2 Å². The maximum atomic E-state index is 12.7. The number of nitrogens with zero attached hydrogens (tertiary/aromatic N) is 2. The highest BCUT2D eigenvalue weighted by Crippen LogP contribution is 2.15. The highest BCUT2D eigenvalue weighted by molar-refractivity contribution is 7.86. The fourth-order valence-corrected chi connectivity index (χ4v) is 1.59. The van der Waals surface area contributed by atoms with Gasteiger partial charge in [-0.3, -0.25) is 4.79 Å². The van der Waals surface area contributed by atoms with Crippen molar-refractivity contribution in [3.8, 4) is 0 Å². The number of halogens is 1. The molecule has 0 aliphatic carbocycles. The maximum Gasteiger partial charge on any atom is 0.350 e. The monoisotopic (exact) mass is 232 g/mol. The molecule has 0 radical (unpaired) electrons. The molecule has 0 aliphatic heterocycles. The fourth-order valence-electron chi connectivity index (χ4n) is 0.989. The van der Waals surface area contributed by atoms with E-state index in [2.05, 4.69) is 4.98 Å². The molecule has 0 saturated carbocycles. The third-order valence-electron chi connectivity index (χ3n) is 1.64. The zero-order chi connectivity index (χ0) is 11.6. The summed E-state index contributed by atoms with van der Waals surface area (Å²) < 4.78 is 34.1. The molecule has 1 heterocycles. The van der Waals surface area contributed by atoms with Gasteiger partial charge in [0.05, 0.1) is 5.56 Å². The van der Waals surface area contributed by atoms with Crippen molar-refractivity contribution in [2.45, 2.75) is 5.03 Å². The average molecular weight is 232 g/mol. The second kappa shape index (κ2) is 3.93. The molecule has 7 heteroatoms. The summed E-state index contributed by atoms with van der Waals surface area (Å²) in [7, 11) is -2.10. The molecule has 5 nitrogen and oxygen atoms in total. The van der Waals surface area contributed by atoms with Gasteiger partial charge in [-0.05, 0) is 12.1 Å². The first kappa shape index (κ1) is 11.6. The summed E-state index contributed by atoms with van der Waals surface area (Å²) in [5.74, 6) is -0.612. The smallest absolute Gasteiger partial charge is 0.345 e. The molecule has 82 valence electrons. The van der Waals surface area contributed by atoms with E-state index < -0.39 is 21.2 Å². The predicted molar refractivity (Wildman–Crippen MR) is 50.5 cm³/mol. The Balaban J connectivity index is 3.38. The van der Waals surface area contributed by atoms with Gasteiger partial charge in [-0.1, -0.05) is 3.89 Å². The number of aromatic nitrogens is 1. The van der Waals surface area contributed by atoms with Gasteiger partial charge in [-0.15, -0.1) is 0 Å². The van der Waals surface area contributed by atoms with Gasteiger partial charge in [0, 0.05) is 20.3 Å². The van der Waals surface area contributed by atoms with Crippen LogP contribution in [0, 0.1) is 0 Å². The molecule has 1 amide bonds. The zero-order valence-corrected chi connectivity index (χ0v) is 8.95. The van der Waals surface area contributed by atoms with Crippen LogP contribution in [0.3, 0.4) is 0 Å². The van der Waals surface area contributed by atoms with Crippen molar-refractivity contribution < 1.29 is 17.1 Å². The van der Waals surface area contributed by atoms with E-state index in [0.717, 1.165) is 11.1 Å². The van der Waals surface area contributed by atoms with E-state index in [-0.39, 0.29) is 5.56 Å². The van der Waals surface area contributed by atoms with E-state index in [1.807, 2.05) is 0 Å². The molecule has 0 aromatic carbocycles. The zero-order valence-electron chi connectivity index (χ0n) is 8.14. The number of carbonyl (C=O) groups is 1. The highest BCUT2D eigenvalue weighted by atomic mass is 32.3. The van der Waals surface area contributed by atoms with Gasteiger partial charge >= 0.3 is 10.2 Å². The summed E-state index contributed by atoms with van der Waals surface area (Å²) in [6, 6.07) is 2.58. The van der Waals surface area contributed by atoms with Crippen molar-refractivity contribution in [1.29, 1.82) is 0 Å². The quantitative estimate of drug-likeness (QED) is 0.694. The molecule has 1 aromatic heterocycles. The Hall–Kier alpha value is -1.50. The molecule has 0 N–H and O–H groups in total. The standard InChI is InChI=1S/C8H9FN2O3S/c1-11(2)8(12)6-4-3-5-10-7(6)15(9,13)14/h3-5H,1-2H3. The maximum absolute atomic E-state index is 12.7. The molecule has 0 atom stereocenters. The van der Waals surface area contributed by atoms with Crippen LogP contribution in [0.4, 0.5) is 3.89 Å². The Morgan fingerprint density at radius 2 is 2.07 bits per heavy atom. The highest BCUT2D eigenvalue weighted by Gasteiger charge is 2.23. The van der Waals surface area contributed by atoms with Crippen LogP contribution in [0.15, 0.2) is 23.4 Å². The summed E-state index contributed by atoms with van der Waals surface area (Å²) in [4.78, 5) is 16.0. The van der Waals surface area contributed by atoms with Crippen LogP contribution < -0.4 is 0 Å². The Labute approximate surface area is 86.8 Å². The first-order valence-electron chi connectivity index (χ1n) is 3.95. The van der Waals surface area contributed by atoms with Crippen molar-refractivity contribution in [2.75, 3.05) is 14.1 Å². The van der Waals surface area contributed by atoms with Gasteiger partial charge in [-0.25, -0.2) is 4.98 Å². The summed E-state index contributed by atoms with van der Waals surface area (Å²) in [5, 5.41) is -0.844. The largest absolute Gasteiger partial charge is 0.350 e. The van der Waals surface area contributed by atoms with Crippen molar-refractivity contribution in [3.05, 3.63) is 23.9 Å². The summed E-state index contributed by atoms with van der Waals surface area (Å²) in [6.45, 7) is 0. The lowest BCUT2D eigenvalue weighted by Gasteiger charge is -2.11. The molecule has 0 saturated heterocycles. The lowest BCUT2D eigenvalue weighted by Crippen LogP contribution is -2.23. The lowest BCUT2D eigenvalue weighted by atomic mass is 10.2. The minimum Gasteiger partial charge on any atom is -0.345 e. The normalized spacial score (nSPS) is 11.1. The van der Waals surface area contributed by atoms with E-state index >= 15 is 0 Å². The van der Waals surface area contributed by atoms with Crippen molar-refractivity contribution >= 4 is 16.1 Å². The molecule has 0 aliphatic rings. The molecule has 1 rings (SSSR count). The molecular formula is C8H9FN2O3S.